The number of carbonyl (C=O) groups is 1. The lowest BCUT2D eigenvalue weighted by molar-refractivity contribution is -0.122. The SMILES string of the molecule is Cc1nn(CCC#N)c(C)c1CCC(=O)NC1CC2CCC1(C)C2(C)C. The number of aromatic nitrogens is 2. The number of fused-ring (bicyclic) bond motifs is 2. The van der Waals surface area contributed by atoms with E-state index in [0.717, 1.165) is 29.3 Å². The Morgan fingerprint density at radius 2 is 2.12 bits per heavy atom. The molecule has 0 saturated heterocycles. The highest BCUT2D eigenvalue weighted by Crippen LogP contribution is 2.65. The number of hydrogen-bond donors (Lipinski definition) is 1. The van der Waals surface area contributed by atoms with Crippen molar-refractivity contribution in [1.82, 2.24) is 15.1 Å². The van der Waals surface area contributed by atoms with Crippen molar-refractivity contribution in [2.24, 2.45) is 16.7 Å². The fourth-order valence-electron chi connectivity index (χ4n) is 5.40. The molecule has 3 atom stereocenters. The van der Waals surface area contributed by atoms with Gasteiger partial charge in [0.2, 0.25) is 5.91 Å². The van der Waals surface area contributed by atoms with Crippen LogP contribution in [0.15, 0.2) is 0 Å². The molecule has 2 fully saturated rings. The molecular formula is C21H32N4O. The Labute approximate surface area is 157 Å². The summed E-state index contributed by atoms with van der Waals surface area (Å²) in [6.07, 6.45) is 5.32. The number of rotatable bonds is 6. The van der Waals surface area contributed by atoms with Crippen molar-refractivity contribution in [2.45, 2.75) is 85.7 Å². The molecule has 5 nitrogen and oxygen atoms in total. The van der Waals surface area contributed by atoms with Crippen LogP contribution in [0.4, 0.5) is 0 Å². The highest BCUT2D eigenvalue weighted by atomic mass is 16.1. The van der Waals surface area contributed by atoms with E-state index in [4.69, 9.17) is 5.26 Å². The lowest BCUT2D eigenvalue weighted by Gasteiger charge is -2.39. The van der Waals surface area contributed by atoms with Crippen molar-refractivity contribution in [2.75, 3.05) is 0 Å². The molecule has 3 rings (SSSR count). The molecule has 0 aliphatic heterocycles. The van der Waals surface area contributed by atoms with Crippen molar-refractivity contribution in [3.8, 4) is 6.07 Å². The molecule has 2 bridgehead atoms. The summed E-state index contributed by atoms with van der Waals surface area (Å²) in [5.74, 6) is 0.892. The predicted octanol–water partition coefficient (Wildman–Crippen LogP) is 3.68. The fourth-order valence-corrected chi connectivity index (χ4v) is 5.40. The van der Waals surface area contributed by atoms with Gasteiger partial charge in [0.1, 0.15) is 0 Å². The summed E-state index contributed by atoms with van der Waals surface area (Å²) >= 11 is 0. The first-order chi connectivity index (χ1) is 12.2. The maximum absolute atomic E-state index is 12.6. The lowest BCUT2D eigenvalue weighted by Crippen LogP contribution is -2.46. The molecule has 5 heteroatoms. The van der Waals surface area contributed by atoms with Crippen LogP contribution in [-0.2, 0) is 17.8 Å². The van der Waals surface area contributed by atoms with Gasteiger partial charge in [0.05, 0.1) is 24.7 Å². The molecule has 2 saturated carbocycles. The molecule has 1 amide bonds. The van der Waals surface area contributed by atoms with Gasteiger partial charge in [-0.05, 0) is 61.8 Å². The topological polar surface area (TPSA) is 70.7 Å². The highest BCUT2D eigenvalue weighted by Gasteiger charge is 2.61. The zero-order valence-electron chi connectivity index (χ0n) is 16.9. The molecule has 3 unspecified atom stereocenters. The first-order valence-corrected chi connectivity index (χ1v) is 9.90. The molecule has 0 spiro atoms. The van der Waals surface area contributed by atoms with Gasteiger partial charge in [-0.15, -0.1) is 0 Å². The van der Waals surface area contributed by atoms with Crippen LogP contribution in [-0.4, -0.2) is 21.7 Å². The van der Waals surface area contributed by atoms with E-state index in [-0.39, 0.29) is 11.3 Å². The quantitative estimate of drug-likeness (QED) is 0.845. The van der Waals surface area contributed by atoms with E-state index in [2.05, 4.69) is 37.3 Å². The summed E-state index contributed by atoms with van der Waals surface area (Å²) < 4.78 is 1.89. The Morgan fingerprint density at radius 3 is 2.69 bits per heavy atom. The van der Waals surface area contributed by atoms with E-state index >= 15 is 0 Å². The van der Waals surface area contributed by atoms with Crippen LogP contribution in [0.2, 0.25) is 0 Å². The molecule has 1 N–H and O–H groups in total. The lowest BCUT2D eigenvalue weighted by atomic mass is 9.69. The Morgan fingerprint density at radius 1 is 1.38 bits per heavy atom. The van der Waals surface area contributed by atoms with Gasteiger partial charge in [0.15, 0.2) is 0 Å². The second kappa shape index (κ2) is 6.72. The second-order valence-electron chi connectivity index (χ2n) is 9.01. The zero-order valence-corrected chi connectivity index (χ0v) is 16.9. The van der Waals surface area contributed by atoms with E-state index in [1.807, 2.05) is 18.5 Å². The van der Waals surface area contributed by atoms with E-state index < -0.39 is 0 Å². The minimum Gasteiger partial charge on any atom is -0.353 e. The van der Waals surface area contributed by atoms with Gasteiger partial charge in [-0.1, -0.05) is 20.8 Å². The number of amides is 1. The largest absolute Gasteiger partial charge is 0.353 e. The minimum atomic E-state index is 0.156. The molecule has 0 aromatic carbocycles. The molecule has 1 aromatic heterocycles. The van der Waals surface area contributed by atoms with E-state index in [1.165, 1.54) is 12.8 Å². The van der Waals surface area contributed by atoms with E-state index in [0.29, 0.717) is 37.3 Å². The third kappa shape index (κ3) is 2.94. The van der Waals surface area contributed by atoms with Crippen LogP contribution in [0.1, 0.15) is 69.8 Å². The van der Waals surface area contributed by atoms with Crippen molar-refractivity contribution in [3.63, 3.8) is 0 Å². The molecule has 1 heterocycles. The van der Waals surface area contributed by atoms with Gasteiger partial charge in [-0.3, -0.25) is 9.48 Å². The molecule has 142 valence electrons. The predicted molar refractivity (Wildman–Crippen MR) is 101 cm³/mol. The van der Waals surface area contributed by atoms with Crippen molar-refractivity contribution in [1.29, 1.82) is 5.26 Å². The van der Waals surface area contributed by atoms with Gasteiger partial charge in [0, 0.05) is 18.2 Å². The number of aryl methyl sites for hydroxylation is 2. The van der Waals surface area contributed by atoms with E-state index in [1.54, 1.807) is 0 Å². The average Bonchev–Trinajstić information content (AvgIpc) is 3.05. The summed E-state index contributed by atoms with van der Waals surface area (Å²) in [4.78, 5) is 12.6. The first kappa shape index (κ1) is 18.9. The highest BCUT2D eigenvalue weighted by molar-refractivity contribution is 5.76. The molecule has 2 aliphatic carbocycles. The van der Waals surface area contributed by atoms with Crippen LogP contribution >= 0.6 is 0 Å². The van der Waals surface area contributed by atoms with Gasteiger partial charge < -0.3 is 5.32 Å². The number of carbonyl (C=O) groups excluding carboxylic acids is 1. The Hall–Kier alpha value is -1.83. The van der Waals surface area contributed by atoms with Crippen molar-refractivity contribution >= 4 is 5.91 Å². The third-order valence-electron chi connectivity index (χ3n) is 7.70. The smallest absolute Gasteiger partial charge is 0.220 e. The second-order valence-corrected chi connectivity index (χ2v) is 9.01. The van der Waals surface area contributed by atoms with Crippen LogP contribution < -0.4 is 5.32 Å². The fraction of sp³-hybridized carbons (Fsp3) is 0.762. The minimum absolute atomic E-state index is 0.156. The van der Waals surface area contributed by atoms with Crippen LogP contribution in [0.25, 0.3) is 0 Å². The summed E-state index contributed by atoms with van der Waals surface area (Å²) in [5.41, 5.74) is 3.75. The Kier molecular flexibility index (Phi) is 4.90. The normalized spacial score (nSPS) is 28.9. The summed E-state index contributed by atoms with van der Waals surface area (Å²) in [5, 5.41) is 16.6. The molecule has 0 radical (unpaired) electrons. The average molecular weight is 357 g/mol. The van der Waals surface area contributed by atoms with Gasteiger partial charge >= 0.3 is 0 Å². The van der Waals surface area contributed by atoms with Crippen LogP contribution in [0, 0.1) is 41.9 Å². The van der Waals surface area contributed by atoms with Crippen LogP contribution in [0.3, 0.4) is 0 Å². The summed E-state index contributed by atoms with van der Waals surface area (Å²) in [7, 11) is 0. The molecule has 26 heavy (non-hydrogen) atoms. The van der Waals surface area contributed by atoms with Crippen molar-refractivity contribution < 1.29 is 4.79 Å². The number of nitriles is 1. The maximum atomic E-state index is 12.6. The number of nitrogens with zero attached hydrogens (tertiary/aromatic N) is 3. The molecule has 2 aliphatic rings. The molecule has 1 aromatic rings. The summed E-state index contributed by atoms with van der Waals surface area (Å²) in [6.45, 7) is 11.7. The zero-order chi connectivity index (χ0) is 19.1. The summed E-state index contributed by atoms with van der Waals surface area (Å²) in [6, 6.07) is 2.47. The standard InChI is InChI=1S/C21H32N4O/c1-14-17(15(2)25(24-14)12-6-11-22)7-8-19(26)23-18-13-16-9-10-21(18,5)20(16,3)4/h16,18H,6-10,12-13H2,1-5H3,(H,23,26). The molecular weight excluding hydrogens is 324 g/mol. The van der Waals surface area contributed by atoms with Gasteiger partial charge in [-0.2, -0.15) is 10.4 Å². The monoisotopic (exact) mass is 356 g/mol. The van der Waals surface area contributed by atoms with E-state index in [9.17, 15) is 4.79 Å². The van der Waals surface area contributed by atoms with Crippen molar-refractivity contribution in [3.05, 3.63) is 17.0 Å². The Bertz CT molecular complexity index is 742. The van der Waals surface area contributed by atoms with Crippen LogP contribution in [0.5, 0.6) is 0 Å². The first-order valence-electron chi connectivity index (χ1n) is 9.90. The number of hydrogen-bond acceptors (Lipinski definition) is 3. The number of nitrogens with one attached hydrogen (secondary N) is 1. The Balaban J connectivity index is 1.59. The maximum Gasteiger partial charge on any atom is 0.220 e. The van der Waals surface area contributed by atoms with Gasteiger partial charge in [0.25, 0.3) is 0 Å². The third-order valence-corrected chi connectivity index (χ3v) is 7.70. The van der Waals surface area contributed by atoms with Gasteiger partial charge in [-0.25, -0.2) is 0 Å².